The van der Waals surface area contributed by atoms with E-state index < -0.39 is 48.4 Å². The number of alkyl halides is 3. The third kappa shape index (κ3) is 7.57. The molecule has 1 unspecified atom stereocenters. The van der Waals surface area contributed by atoms with Crippen LogP contribution in [-0.2, 0) is 15.0 Å². The monoisotopic (exact) mass is 536 g/mol. The van der Waals surface area contributed by atoms with Crippen molar-refractivity contribution in [3.05, 3.63) is 69.5 Å². The second-order valence-corrected chi connectivity index (χ2v) is 8.78. The summed E-state index contributed by atoms with van der Waals surface area (Å²) in [6.45, 7) is -0.434. The Balaban J connectivity index is 2.77. The second-order valence-electron chi connectivity index (χ2n) is 7.97. The molecule has 2 amide bonds. The number of carboxylic acid groups (broad SMARTS) is 1. The molecule has 6 nitrogen and oxygen atoms in total. The van der Waals surface area contributed by atoms with Crippen LogP contribution in [0.4, 0.5) is 22.4 Å². The molecular formula is C23H22Cl2F4N2O4. The summed E-state index contributed by atoms with van der Waals surface area (Å²) in [7, 11) is 1.14. The number of rotatable bonds is 10. The van der Waals surface area contributed by atoms with E-state index in [1.165, 1.54) is 30.3 Å². The van der Waals surface area contributed by atoms with Gasteiger partial charge in [0.15, 0.2) is 0 Å². The second kappa shape index (κ2) is 11.7. The fourth-order valence-electron chi connectivity index (χ4n) is 3.98. The molecule has 2 aromatic rings. The lowest BCUT2D eigenvalue weighted by molar-refractivity contribution is -0.161. The number of halogens is 6. The Morgan fingerprint density at radius 3 is 2.26 bits per heavy atom. The zero-order valence-electron chi connectivity index (χ0n) is 18.4. The van der Waals surface area contributed by atoms with E-state index in [1.54, 1.807) is 0 Å². The highest BCUT2D eigenvalue weighted by molar-refractivity contribution is 6.42. The molecule has 0 aromatic heterocycles. The SMILES string of the molecule is CN(C[C@](CCC=O)(c1ccc(Cl)c(Cl)c1)C(NC(=O)O)c1ccc(F)cc1)C(=O)CC(F)(F)F. The molecule has 2 aromatic carbocycles. The van der Waals surface area contributed by atoms with Crippen LogP contribution in [0, 0.1) is 5.82 Å². The van der Waals surface area contributed by atoms with Crippen molar-refractivity contribution < 1.29 is 37.1 Å². The molecule has 12 heteroatoms. The van der Waals surface area contributed by atoms with Gasteiger partial charge in [0.1, 0.15) is 18.5 Å². The molecule has 0 saturated carbocycles. The van der Waals surface area contributed by atoms with E-state index in [1.807, 2.05) is 0 Å². The van der Waals surface area contributed by atoms with E-state index in [0.717, 1.165) is 24.1 Å². The van der Waals surface area contributed by atoms with E-state index in [-0.39, 0.29) is 28.5 Å². The molecule has 0 radical (unpaired) electrons. The number of nitrogens with zero attached hydrogens (tertiary/aromatic N) is 1. The molecule has 2 atom stereocenters. The van der Waals surface area contributed by atoms with Crippen LogP contribution in [0.2, 0.25) is 10.0 Å². The Bertz CT molecular complexity index is 1070. The first kappa shape index (κ1) is 28.4. The zero-order chi connectivity index (χ0) is 26.4. The summed E-state index contributed by atoms with van der Waals surface area (Å²) in [5.74, 6) is -1.87. The smallest absolute Gasteiger partial charge is 0.405 e. The van der Waals surface area contributed by atoms with Crippen LogP contribution >= 0.6 is 23.2 Å². The van der Waals surface area contributed by atoms with Gasteiger partial charge in [0.2, 0.25) is 5.91 Å². The summed E-state index contributed by atoms with van der Waals surface area (Å²) >= 11 is 12.2. The summed E-state index contributed by atoms with van der Waals surface area (Å²) in [6.07, 6.45) is -7.66. The summed E-state index contributed by atoms with van der Waals surface area (Å²) in [6, 6.07) is 7.86. The summed E-state index contributed by atoms with van der Waals surface area (Å²) in [5, 5.41) is 12.2. The van der Waals surface area contributed by atoms with E-state index in [9.17, 15) is 37.1 Å². The summed E-state index contributed by atoms with van der Waals surface area (Å²) in [5.41, 5.74) is -0.938. The van der Waals surface area contributed by atoms with Gasteiger partial charge in [0.25, 0.3) is 0 Å². The Hall–Kier alpha value is -2.85. The number of carbonyl (C=O) groups excluding carboxylic acids is 2. The number of aldehydes is 1. The van der Waals surface area contributed by atoms with Gasteiger partial charge in [0.05, 0.1) is 16.1 Å². The van der Waals surface area contributed by atoms with Crippen LogP contribution in [0.25, 0.3) is 0 Å². The summed E-state index contributed by atoms with van der Waals surface area (Å²) in [4.78, 5) is 36.4. The number of amides is 2. The lowest BCUT2D eigenvalue weighted by atomic mass is 9.68. The van der Waals surface area contributed by atoms with Crippen molar-refractivity contribution in [2.75, 3.05) is 13.6 Å². The topological polar surface area (TPSA) is 86.7 Å². The Kier molecular flexibility index (Phi) is 9.51. The van der Waals surface area contributed by atoms with E-state index in [4.69, 9.17) is 23.2 Å². The Labute approximate surface area is 208 Å². The van der Waals surface area contributed by atoms with Crippen molar-refractivity contribution in [1.82, 2.24) is 10.2 Å². The third-order valence-corrected chi connectivity index (χ3v) is 6.26. The maximum Gasteiger partial charge on any atom is 0.405 e. The van der Waals surface area contributed by atoms with Crippen LogP contribution in [0.15, 0.2) is 42.5 Å². The molecular weight excluding hydrogens is 515 g/mol. The number of hydrogen-bond donors (Lipinski definition) is 2. The molecule has 0 aliphatic rings. The number of carbonyl (C=O) groups is 3. The molecule has 35 heavy (non-hydrogen) atoms. The van der Waals surface area contributed by atoms with Gasteiger partial charge in [-0.15, -0.1) is 0 Å². The number of nitrogens with one attached hydrogen (secondary N) is 1. The van der Waals surface area contributed by atoms with Crippen molar-refractivity contribution in [2.24, 2.45) is 0 Å². The minimum absolute atomic E-state index is 0.0668. The van der Waals surface area contributed by atoms with Gasteiger partial charge in [-0.05, 0) is 41.8 Å². The number of benzene rings is 2. The van der Waals surface area contributed by atoms with Crippen molar-refractivity contribution in [3.8, 4) is 0 Å². The van der Waals surface area contributed by atoms with Gasteiger partial charge >= 0.3 is 12.3 Å². The fraction of sp³-hybridized carbons (Fsp3) is 0.348. The largest absolute Gasteiger partial charge is 0.465 e. The predicted molar refractivity (Wildman–Crippen MR) is 122 cm³/mol. The van der Waals surface area contributed by atoms with Gasteiger partial charge in [-0.25, -0.2) is 9.18 Å². The van der Waals surface area contributed by atoms with Gasteiger partial charge in [-0.3, -0.25) is 4.79 Å². The highest BCUT2D eigenvalue weighted by atomic mass is 35.5. The molecule has 0 aliphatic carbocycles. The molecule has 0 saturated heterocycles. The van der Waals surface area contributed by atoms with Crippen molar-refractivity contribution in [2.45, 2.75) is 36.9 Å². The Morgan fingerprint density at radius 1 is 1.11 bits per heavy atom. The molecule has 0 spiro atoms. The first-order valence-corrected chi connectivity index (χ1v) is 11.0. The molecule has 190 valence electrons. The fourth-order valence-corrected chi connectivity index (χ4v) is 4.27. The first-order chi connectivity index (χ1) is 16.3. The van der Waals surface area contributed by atoms with Gasteiger partial charge in [-0.2, -0.15) is 13.2 Å². The molecule has 0 bridgehead atoms. The van der Waals surface area contributed by atoms with E-state index in [0.29, 0.717) is 11.8 Å². The van der Waals surface area contributed by atoms with Crippen LogP contribution in [0.5, 0.6) is 0 Å². The maximum atomic E-state index is 13.6. The lowest BCUT2D eigenvalue weighted by Crippen LogP contribution is -2.51. The highest BCUT2D eigenvalue weighted by Crippen LogP contribution is 2.44. The average Bonchev–Trinajstić information content (AvgIpc) is 2.76. The van der Waals surface area contributed by atoms with E-state index >= 15 is 0 Å². The number of hydrogen-bond acceptors (Lipinski definition) is 3. The molecule has 0 aliphatic heterocycles. The van der Waals surface area contributed by atoms with Gasteiger partial charge in [0, 0.05) is 25.4 Å². The van der Waals surface area contributed by atoms with E-state index in [2.05, 4.69) is 5.32 Å². The van der Waals surface area contributed by atoms with Crippen LogP contribution < -0.4 is 5.32 Å². The van der Waals surface area contributed by atoms with Crippen LogP contribution in [0.1, 0.15) is 36.4 Å². The maximum absolute atomic E-state index is 13.6. The molecule has 0 fully saturated rings. The minimum Gasteiger partial charge on any atom is -0.465 e. The normalized spacial score (nSPS) is 14.0. The summed E-state index contributed by atoms with van der Waals surface area (Å²) < 4.78 is 52.3. The quantitative estimate of drug-likeness (QED) is 0.298. The van der Waals surface area contributed by atoms with Gasteiger partial charge in [-0.1, -0.05) is 41.4 Å². The molecule has 0 heterocycles. The van der Waals surface area contributed by atoms with Crippen LogP contribution in [0.3, 0.4) is 0 Å². The molecule has 2 N–H and O–H groups in total. The standard InChI is InChI=1S/C23H22Cl2F4N2O4/c1-31(19(33)12-23(27,28)29)13-22(9-2-10-32,15-5-8-17(24)18(25)11-15)20(30-21(34)35)14-3-6-16(26)7-4-14/h3-8,10-11,20,30H,2,9,12-13H2,1H3,(H,34,35)/t20?,22-/m1/s1. The van der Waals surface area contributed by atoms with Crippen molar-refractivity contribution in [1.29, 1.82) is 0 Å². The minimum atomic E-state index is -4.77. The highest BCUT2D eigenvalue weighted by Gasteiger charge is 2.45. The first-order valence-electron chi connectivity index (χ1n) is 10.2. The van der Waals surface area contributed by atoms with Gasteiger partial charge < -0.3 is 20.1 Å². The van der Waals surface area contributed by atoms with Crippen molar-refractivity contribution in [3.63, 3.8) is 0 Å². The van der Waals surface area contributed by atoms with Crippen LogP contribution in [-0.4, -0.2) is 48.1 Å². The Morgan fingerprint density at radius 2 is 1.74 bits per heavy atom. The lowest BCUT2D eigenvalue weighted by Gasteiger charge is -2.44. The zero-order valence-corrected chi connectivity index (χ0v) is 19.9. The van der Waals surface area contributed by atoms with Crippen molar-refractivity contribution >= 4 is 41.5 Å². The average molecular weight is 537 g/mol. The predicted octanol–water partition coefficient (Wildman–Crippen LogP) is 5.77. The third-order valence-electron chi connectivity index (χ3n) is 5.52. The molecule has 2 rings (SSSR count). The number of likely N-dealkylation sites (N-methyl/N-ethyl adjacent to an activating group) is 1.